The fourth-order valence-electron chi connectivity index (χ4n) is 2.99. The lowest BCUT2D eigenvalue weighted by Gasteiger charge is -2.07. The number of nitrogens with two attached hydrogens (primary N) is 1. The summed E-state index contributed by atoms with van der Waals surface area (Å²) in [7, 11) is 1.92. The Balaban J connectivity index is 1.46. The van der Waals surface area contributed by atoms with E-state index in [0.29, 0.717) is 49.4 Å². The molecule has 4 N–H and O–H groups in total. The highest BCUT2D eigenvalue weighted by atomic mass is 16.2. The van der Waals surface area contributed by atoms with Crippen molar-refractivity contribution in [3.63, 3.8) is 0 Å². The Morgan fingerprint density at radius 3 is 2.66 bits per heavy atom. The molecule has 2 aromatic heterocycles. The molecule has 0 atom stereocenters. The van der Waals surface area contributed by atoms with Crippen LogP contribution >= 0.6 is 0 Å². The van der Waals surface area contributed by atoms with Gasteiger partial charge in [-0.15, -0.1) is 0 Å². The first-order valence-corrected chi connectivity index (χ1v) is 9.41. The summed E-state index contributed by atoms with van der Waals surface area (Å²) < 4.78 is 3.50. The largest absolute Gasteiger partial charge is 0.382 e. The Hall–Kier alpha value is -3.80. The number of urea groups is 1. The van der Waals surface area contributed by atoms with Crippen LogP contribution in [-0.2, 0) is 19.9 Å². The number of nitrogens with one attached hydrogen (secondary N) is 2. The molecule has 2 heterocycles. The zero-order valence-electron chi connectivity index (χ0n) is 16.3. The van der Waals surface area contributed by atoms with E-state index in [1.54, 1.807) is 10.9 Å². The summed E-state index contributed by atoms with van der Waals surface area (Å²) in [5, 5.41) is 19.5. The molecule has 3 rings (SSSR count). The van der Waals surface area contributed by atoms with E-state index in [1.165, 1.54) is 0 Å². The van der Waals surface area contributed by atoms with Crippen LogP contribution in [-0.4, -0.2) is 38.5 Å². The number of aromatic nitrogens is 4. The molecule has 0 spiro atoms. The van der Waals surface area contributed by atoms with Gasteiger partial charge in [0.05, 0.1) is 11.4 Å². The van der Waals surface area contributed by atoms with E-state index in [-0.39, 0.29) is 6.03 Å². The molecule has 0 aliphatic rings. The van der Waals surface area contributed by atoms with Gasteiger partial charge in [-0.2, -0.15) is 10.4 Å². The van der Waals surface area contributed by atoms with Gasteiger partial charge in [0.2, 0.25) is 0 Å². The number of hydrogen-bond donors (Lipinski definition) is 3. The number of imidazole rings is 1. The predicted octanol–water partition coefficient (Wildman–Crippen LogP) is 1.53. The van der Waals surface area contributed by atoms with Crippen molar-refractivity contribution < 1.29 is 4.79 Å². The molecule has 0 saturated heterocycles. The van der Waals surface area contributed by atoms with Gasteiger partial charge in [-0.3, -0.25) is 0 Å². The Kier molecular flexibility index (Phi) is 6.47. The van der Waals surface area contributed by atoms with Crippen LogP contribution in [0.5, 0.6) is 0 Å². The Morgan fingerprint density at radius 1 is 1.21 bits per heavy atom. The third kappa shape index (κ3) is 4.93. The van der Waals surface area contributed by atoms with E-state index in [4.69, 9.17) is 5.73 Å². The molecule has 2 amide bonds. The number of aryl methyl sites for hydroxylation is 2. The topological polar surface area (TPSA) is 127 Å². The van der Waals surface area contributed by atoms with Gasteiger partial charge in [-0.1, -0.05) is 18.2 Å². The van der Waals surface area contributed by atoms with E-state index in [1.807, 2.05) is 48.1 Å². The minimum atomic E-state index is -0.228. The summed E-state index contributed by atoms with van der Waals surface area (Å²) >= 11 is 0. The number of anilines is 1. The molecule has 9 heteroatoms. The molecular formula is C20H24N8O. The van der Waals surface area contributed by atoms with E-state index < -0.39 is 0 Å². The highest BCUT2D eigenvalue weighted by molar-refractivity contribution is 5.73. The van der Waals surface area contributed by atoms with Crippen molar-refractivity contribution >= 4 is 11.8 Å². The van der Waals surface area contributed by atoms with Gasteiger partial charge in [0.25, 0.3) is 0 Å². The highest BCUT2D eigenvalue weighted by Crippen LogP contribution is 2.21. The maximum atomic E-state index is 11.9. The van der Waals surface area contributed by atoms with Gasteiger partial charge in [0.15, 0.2) is 0 Å². The van der Waals surface area contributed by atoms with E-state index in [9.17, 15) is 10.1 Å². The number of rotatable bonds is 8. The SMILES string of the molecule is Cn1ccnc1CCNC(=O)NCCCc1nn(-c2ccccc2)c(N)c1C#N. The van der Waals surface area contributed by atoms with Crippen LogP contribution in [0.1, 0.15) is 23.5 Å². The number of carbonyl (C=O) groups is 1. The van der Waals surface area contributed by atoms with E-state index >= 15 is 0 Å². The maximum Gasteiger partial charge on any atom is 0.314 e. The first kappa shape index (κ1) is 19.9. The molecule has 29 heavy (non-hydrogen) atoms. The number of nitrogen functional groups attached to an aromatic ring is 1. The van der Waals surface area contributed by atoms with Crippen LogP contribution in [0.15, 0.2) is 42.7 Å². The summed E-state index contributed by atoms with van der Waals surface area (Å²) in [6, 6.07) is 11.3. The van der Waals surface area contributed by atoms with E-state index in [0.717, 1.165) is 11.5 Å². The monoisotopic (exact) mass is 392 g/mol. The average Bonchev–Trinajstić information content (AvgIpc) is 3.28. The fraction of sp³-hybridized carbons (Fsp3) is 0.300. The number of para-hydroxylation sites is 1. The third-order valence-corrected chi connectivity index (χ3v) is 4.54. The molecule has 0 saturated carbocycles. The quantitative estimate of drug-likeness (QED) is 0.501. The standard InChI is InChI=1S/C20H24N8O/c1-27-13-12-23-18(27)9-11-25-20(29)24-10-5-8-17-16(14-21)19(22)28(26-17)15-6-3-2-4-7-15/h2-4,6-7,12-13H,5,8-11,22H2,1H3,(H2,24,25,29). The first-order chi connectivity index (χ1) is 14.1. The van der Waals surface area contributed by atoms with Crippen LogP contribution in [0, 0.1) is 11.3 Å². The lowest BCUT2D eigenvalue weighted by Crippen LogP contribution is -2.37. The van der Waals surface area contributed by atoms with Crippen LogP contribution < -0.4 is 16.4 Å². The number of amides is 2. The zero-order valence-corrected chi connectivity index (χ0v) is 16.3. The summed E-state index contributed by atoms with van der Waals surface area (Å²) in [4.78, 5) is 16.1. The Labute approximate surface area is 169 Å². The molecule has 0 radical (unpaired) electrons. The fourth-order valence-corrected chi connectivity index (χ4v) is 2.99. The van der Waals surface area contributed by atoms with Crippen molar-refractivity contribution in [2.24, 2.45) is 7.05 Å². The van der Waals surface area contributed by atoms with Gasteiger partial charge < -0.3 is 20.9 Å². The van der Waals surface area contributed by atoms with Crippen LogP contribution in [0.3, 0.4) is 0 Å². The lowest BCUT2D eigenvalue weighted by atomic mass is 10.1. The molecule has 0 aliphatic carbocycles. The average molecular weight is 392 g/mol. The van der Waals surface area contributed by atoms with Crippen molar-refractivity contribution in [3.05, 3.63) is 59.8 Å². The maximum absolute atomic E-state index is 11.9. The minimum absolute atomic E-state index is 0.228. The zero-order chi connectivity index (χ0) is 20.6. The second kappa shape index (κ2) is 9.41. The summed E-state index contributed by atoms with van der Waals surface area (Å²) in [5.41, 5.74) is 7.91. The van der Waals surface area contributed by atoms with Gasteiger partial charge in [-0.05, 0) is 25.0 Å². The van der Waals surface area contributed by atoms with Crippen molar-refractivity contribution in [2.75, 3.05) is 18.8 Å². The second-order valence-corrected chi connectivity index (χ2v) is 6.56. The summed E-state index contributed by atoms with van der Waals surface area (Å²) in [5.74, 6) is 1.25. The molecule has 9 nitrogen and oxygen atoms in total. The number of nitriles is 1. The molecule has 0 aliphatic heterocycles. The van der Waals surface area contributed by atoms with Crippen LogP contribution in [0.2, 0.25) is 0 Å². The van der Waals surface area contributed by atoms with Crippen molar-refractivity contribution in [2.45, 2.75) is 19.3 Å². The smallest absolute Gasteiger partial charge is 0.314 e. The molecule has 0 fully saturated rings. The molecule has 3 aromatic rings. The van der Waals surface area contributed by atoms with Crippen LogP contribution in [0.4, 0.5) is 10.6 Å². The van der Waals surface area contributed by atoms with Gasteiger partial charge in [-0.25, -0.2) is 14.5 Å². The van der Waals surface area contributed by atoms with Crippen LogP contribution in [0.25, 0.3) is 5.69 Å². The van der Waals surface area contributed by atoms with E-state index in [2.05, 4.69) is 26.8 Å². The Morgan fingerprint density at radius 2 is 1.97 bits per heavy atom. The normalized spacial score (nSPS) is 10.5. The number of carbonyl (C=O) groups excluding carboxylic acids is 1. The Bertz CT molecular complexity index is 999. The molecule has 150 valence electrons. The minimum Gasteiger partial charge on any atom is -0.382 e. The van der Waals surface area contributed by atoms with Crippen molar-refractivity contribution in [1.82, 2.24) is 30.0 Å². The van der Waals surface area contributed by atoms with Crippen molar-refractivity contribution in [3.8, 4) is 11.8 Å². The predicted molar refractivity (Wildman–Crippen MR) is 109 cm³/mol. The summed E-state index contributed by atoms with van der Waals surface area (Å²) in [6.45, 7) is 0.977. The number of nitrogens with zero attached hydrogens (tertiary/aromatic N) is 5. The molecular weight excluding hydrogens is 368 g/mol. The van der Waals surface area contributed by atoms with Gasteiger partial charge in [0.1, 0.15) is 23.3 Å². The van der Waals surface area contributed by atoms with Crippen molar-refractivity contribution in [1.29, 1.82) is 5.26 Å². The molecule has 1 aromatic carbocycles. The van der Waals surface area contributed by atoms with Gasteiger partial charge in [0, 0.05) is 39.0 Å². The lowest BCUT2D eigenvalue weighted by molar-refractivity contribution is 0.241. The number of hydrogen-bond acceptors (Lipinski definition) is 5. The number of benzene rings is 1. The molecule has 0 unspecified atom stereocenters. The molecule has 0 bridgehead atoms. The van der Waals surface area contributed by atoms with Gasteiger partial charge >= 0.3 is 6.03 Å². The summed E-state index contributed by atoms with van der Waals surface area (Å²) in [6.07, 6.45) is 5.46. The third-order valence-electron chi connectivity index (χ3n) is 4.54. The first-order valence-electron chi connectivity index (χ1n) is 9.41. The highest BCUT2D eigenvalue weighted by Gasteiger charge is 2.16. The second-order valence-electron chi connectivity index (χ2n) is 6.56.